The molecule has 1 amide bonds. The normalized spacial score (nSPS) is 18.2. The van der Waals surface area contributed by atoms with E-state index in [1.54, 1.807) is 0 Å². The van der Waals surface area contributed by atoms with Gasteiger partial charge in [0, 0.05) is 6.07 Å². The van der Waals surface area contributed by atoms with E-state index in [1.165, 1.54) is 12.1 Å². The van der Waals surface area contributed by atoms with E-state index in [0.29, 0.717) is 24.3 Å². The van der Waals surface area contributed by atoms with Crippen molar-refractivity contribution >= 4 is 33.0 Å². The molecule has 2 aliphatic rings. The number of hydrogen-bond donors (Lipinski definition) is 3. The summed E-state index contributed by atoms with van der Waals surface area (Å²) in [5.41, 5.74) is 6.73. The van der Waals surface area contributed by atoms with E-state index in [2.05, 4.69) is 10.0 Å². The fraction of sp³-hybridized carbons (Fsp3) is 0.364. The van der Waals surface area contributed by atoms with Crippen molar-refractivity contribution in [2.75, 3.05) is 22.4 Å². The van der Waals surface area contributed by atoms with Crippen molar-refractivity contribution in [2.45, 2.75) is 18.1 Å². The Morgan fingerprint density at radius 2 is 2.11 bits per heavy atom. The molecule has 1 fully saturated rings. The minimum absolute atomic E-state index is 0.0699. The number of ether oxygens (including phenoxy) is 1. The van der Waals surface area contributed by atoms with Gasteiger partial charge in [0.1, 0.15) is 5.75 Å². The van der Waals surface area contributed by atoms with Gasteiger partial charge in [-0.15, -0.1) is 0 Å². The average molecular weight is 283 g/mol. The lowest BCUT2D eigenvalue weighted by Crippen LogP contribution is -2.26. The molecule has 1 aromatic rings. The third-order valence-electron chi connectivity index (χ3n) is 3.00. The molecular formula is C11H13N3O4S. The van der Waals surface area contributed by atoms with Gasteiger partial charge in [-0.1, -0.05) is 0 Å². The number of fused-ring (bicyclic) bond motifs is 1. The Labute approximate surface area is 110 Å². The number of rotatable bonds is 3. The van der Waals surface area contributed by atoms with Gasteiger partial charge in [-0.25, -0.2) is 8.42 Å². The predicted molar refractivity (Wildman–Crippen MR) is 70.5 cm³/mol. The minimum atomic E-state index is -3.39. The fourth-order valence-electron chi connectivity index (χ4n) is 1.85. The van der Waals surface area contributed by atoms with E-state index < -0.39 is 10.0 Å². The van der Waals surface area contributed by atoms with Gasteiger partial charge in [-0.2, -0.15) is 0 Å². The number of anilines is 3. The van der Waals surface area contributed by atoms with E-state index in [9.17, 15) is 13.2 Å². The number of nitrogens with one attached hydrogen (secondary N) is 2. The Morgan fingerprint density at radius 3 is 2.79 bits per heavy atom. The zero-order valence-corrected chi connectivity index (χ0v) is 10.8. The molecule has 19 heavy (non-hydrogen) atoms. The molecule has 0 radical (unpaired) electrons. The molecule has 7 nitrogen and oxygen atoms in total. The molecule has 3 rings (SSSR count). The molecule has 0 unspecified atom stereocenters. The lowest BCUT2D eigenvalue weighted by molar-refractivity contribution is -0.118. The van der Waals surface area contributed by atoms with Crippen molar-refractivity contribution in [2.24, 2.45) is 0 Å². The third-order valence-corrected chi connectivity index (χ3v) is 4.85. The quantitative estimate of drug-likeness (QED) is 0.700. The summed E-state index contributed by atoms with van der Waals surface area (Å²) in [6.07, 6.45) is 1.33. The first kappa shape index (κ1) is 12.1. The van der Waals surface area contributed by atoms with Crippen molar-refractivity contribution in [1.82, 2.24) is 0 Å². The highest BCUT2D eigenvalue weighted by Crippen LogP contribution is 2.37. The van der Waals surface area contributed by atoms with Crippen LogP contribution in [0.3, 0.4) is 0 Å². The van der Waals surface area contributed by atoms with Gasteiger partial charge < -0.3 is 15.8 Å². The summed E-state index contributed by atoms with van der Waals surface area (Å²) < 4.78 is 31.4. The molecule has 1 heterocycles. The van der Waals surface area contributed by atoms with Gasteiger partial charge in [0.15, 0.2) is 6.61 Å². The lowest BCUT2D eigenvalue weighted by atomic mass is 10.2. The fourth-order valence-corrected chi connectivity index (χ4v) is 3.25. The van der Waals surface area contributed by atoms with Crippen LogP contribution < -0.4 is 20.5 Å². The SMILES string of the molecule is Nc1cc2c(cc1NS(=O)(=O)C1CC1)NC(=O)CO2. The number of benzene rings is 1. The van der Waals surface area contributed by atoms with Crippen LogP contribution in [-0.4, -0.2) is 26.2 Å². The van der Waals surface area contributed by atoms with Gasteiger partial charge >= 0.3 is 0 Å². The van der Waals surface area contributed by atoms with Crippen molar-refractivity contribution in [3.8, 4) is 5.75 Å². The van der Waals surface area contributed by atoms with Gasteiger partial charge in [-0.05, 0) is 18.9 Å². The number of carbonyl (C=O) groups excluding carboxylic acids is 1. The van der Waals surface area contributed by atoms with Crippen LogP contribution in [-0.2, 0) is 14.8 Å². The monoisotopic (exact) mass is 283 g/mol. The van der Waals surface area contributed by atoms with E-state index in [4.69, 9.17) is 10.5 Å². The highest BCUT2D eigenvalue weighted by Gasteiger charge is 2.36. The molecule has 4 N–H and O–H groups in total. The number of nitrogens with two attached hydrogens (primary N) is 1. The molecule has 1 saturated carbocycles. The van der Waals surface area contributed by atoms with Crippen LogP contribution in [0.2, 0.25) is 0 Å². The van der Waals surface area contributed by atoms with Crippen molar-refractivity contribution in [3.05, 3.63) is 12.1 Å². The average Bonchev–Trinajstić information content (AvgIpc) is 3.14. The smallest absolute Gasteiger partial charge is 0.262 e. The van der Waals surface area contributed by atoms with Crippen molar-refractivity contribution in [3.63, 3.8) is 0 Å². The molecule has 0 bridgehead atoms. The summed E-state index contributed by atoms with van der Waals surface area (Å²) in [6.45, 7) is -0.0699. The van der Waals surface area contributed by atoms with Gasteiger partial charge in [-0.3, -0.25) is 9.52 Å². The Kier molecular flexibility index (Phi) is 2.56. The Hall–Kier alpha value is -1.96. The number of hydrogen-bond acceptors (Lipinski definition) is 5. The number of sulfonamides is 1. The highest BCUT2D eigenvalue weighted by atomic mass is 32.2. The Morgan fingerprint density at radius 1 is 1.37 bits per heavy atom. The van der Waals surface area contributed by atoms with Gasteiger partial charge in [0.2, 0.25) is 10.0 Å². The summed E-state index contributed by atoms with van der Waals surface area (Å²) in [4.78, 5) is 11.2. The van der Waals surface area contributed by atoms with E-state index in [1.807, 2.05) is 0 Å². The maximum atomic E-state index is 11.9. The Balaban J connectivity index is 1.93. The second-order valence-corrected chi connectivity index (χ2v) is 6.58. The van der Waals surface area contributed by atoms with Crippen LogP contribution in [0, 0.1) is 0 Å². The molecule has 1 aliphatic heterocycles. The lowest BCUT2D eigenvalue weighted by Gasteiger charge is -2.20. The predicted octanol–water partition coefficient (Wildman–Crippen LogP) is 0.504. The van der Waals surface area contributed by atoms with Crippen LogP contribution in [0.5, 0.6) is 5.75 Å². The third kappa shape index (κ3) is 2.30. The van der Waals surface area contributed by atoms with Crippen LogP contribution >= 0.6 is 0 Å². The van der Waals surface area contributed by atoms with Crippen LogP contribution in [0.1, 0.15) is 12.8 Å². The maximum absolute atomic E-state index is 11.9. The van der Waals surface area contributed by atoms with Crippen molar-refractivity contribution < 1.29 is 17.9 Å². The highest BCUT2D eigenvalue weighted by molar-refractivity contribution is 7.93. The van der Waals surface area contributed by atoms with E-state index in [-0.39, 0.29) is 29.1 Å². The molecule has 102 valence electrons. The number of amides is 1. The van der Waals surface area contributed by atoms with Crippen LogP contribution in [0.25, 0.3) is 0 Å². The van der Waals surface area contributed by atoms with E-state index >= 15 is 0 Å². The summed E-state index contributed by atoms with van der Waals surface area (Å²) in [6, 6.07) is 2.97. The molecule has 0 saturated heterocycles. The summed E-state index contributed by atoms with van der Waals surface area (Å²) >= 11 is 0. The minimum Gasteiger partial charge on any atom is -0.482 e. The van der Waals surface area contributed by atoms with Gasteiger partial charge in [0.25, 0.3) is 5.91 Å². The molecule has 1 aromatic carbocycles. The van der Waals surface area contributed by atoms with Crippen LogP contribution in [0.15, 0.2) is 12.1 Å². The molecule has 1 aliphatic carbocycles. The van der Waals surface area contributed by atoms with Crippen molar-refractivity contribution in [1.29, 1.82) is 0 Å². The summed E-state index contributed by atoms with van der Waals surface area (Å²) in [7, 11) is -3.39. The number of nitrogen functional groups attached to an aromatic ring is 1. The topological polar surface area (TPSA) is 111 Å². The summed E-state index contributed by atoms with van der Waals surface area (Å²) in [5.74, 6) is 0.153. The zero-order valence-electron chi connectivity index (χ0n) is 9.97. The van der Waals surface area contributed by atoms with Gasteiger partial charge in [0.05, 0.1) is 22.3 Å². The molecule has 8 heteroatoms. The standard InChI is InChI=1S/C11H13N3O4S/c12-7-3-10-9(13-11(15)5-18-10)4-8(7)14-19(16,17)6-1-2-6/h3-4,6,14H,1-2,5,12H2,(H,13,15). The van der Waals surface area contributed by atoms with E-state index in [0.717, 1.165) is 0 Å². The first-order valence-electron chi connectivity index (χ1n) is 5.83. The largest absolute Gasteiger partial charge is 0.482 e. The molecule has 0 aromatic heterocycles. The summed E-state index contributed by atoms with van der Waals surface area (Å²) in [5, 5.41) is 2.26. The molecule has 0 atom stereocenters. The molecular weight excluding hydrogens is 270 g/mol. The number of carbonyl (C=O) groups is 1. The second kappa shape index (κ2) is 4.02. The second-order valence-electron chi connectivity index (χ2n) is 4.62. The first-order valence-corrected chi connectivity index (χ1v) is 7.38. The maximum Gasteiger partial charge on any atom is 0.262 e. The first-order chi connectivity index (χ1) is 8.95. The Bertz CT molecular complexity index is 652. The molecule has 0 spiro atoms. The van der Waals surface area contributed by atoms with Crippen LogP contribution in [0.4, 0.5) is 17.1 Å². The zero-order chi connectivity index (χ0) is 13.6.